The number of Topliss-reactive ketones (excluding diaryl/α,β-unsaturated/α-hetero) is 1. The molecule has 24 heavy (non-hydrogen) atoms. The Morgan fingerprint density at radius 3 is 2.33 bits per heavy atom. The summed E-state index contributed by atoms with van der Waals surface area (Å²) in [4.78, 5) is 27.0. The van der Waals surface area contributed by atoms with E-state index in [-0.39, 0.29) is 11.4 Å². The van der Waals surface area contributed by atoms with Crippen LogP contribution in [0.4, 0.5) is 0 Å². The first-order valence-corrected chi connectivity index (χ1v) is 8.60. The number of rotatable bonds is 5. The van der Waals surface area contributed by atoms with Crippen LogP contribution in [0.2, 0.25) is 5.02 Å². The number of hydrogen-bond acceptors (Lipinski definition) is 3. The highest BCUT2D eigenvalue weighted by Gasteiger charge is 2.45. The second-order valence-electron chi connectivity index (χ2n) is 7.15. The molecule has 1 aliphatic rings. The van der Waals surface area contributed by atoms with Gasteiger partial charge in [-0.25, -0.2) is 0 Å². The molecule has 1 atom stereocenters. The lowest BCUT2D eigenvalue weighted by molar-refractivity contribution is -0.129. The number of aliphatic hydroxyl groups excluding tert-OH is 1. The smallest absolute Gasteiger partial charge is 0.290 e. The van der Waals surface area contributed by atoms with Crippen LogP contribution in [0.1, 0.15) is 52.1 Å². The van der Waals surface area contributed by atoms with Gasteiger partial charge in [0.2, 0.25) is 0 Å². The number of carbonyl (C=O) groups is 2. The van der Waals surface area contributed by atoms with Crippen molar-refractivity contribution < 1.29 is 14.7 Å². The maximum Gasteiger partial charge on any atom is 0.290 e. The summed E-state index contributed by atoms with van der Waals surface area (Å²) in [5.74, 6) is -1.12. The van der Waals surface area contributed by atoms with E-state index in [0.29, 0.717) is 11.6 Å². The largest absolute Gasteiger partial charge is 0.503 e. The number of nitrogens with zero attached hydrogens (tertiary/aromatic N) is 1. The second-order valence-corrected chi connectivity index (χ2v) is 7.58. The highest BCUT2D eigenvalue weighted by molar-refractivity contribution is 6.30. The van der Waals surface area contributed by atoms with Gasteiger partial charge in [-0.15, -0.1) is 0 Å². The van der Waals surface area contributed by atoms with Crippen LogP contribution in [0.3, 0.4) is 0 Å². The molecule has 0 saturated carbocycles. The molecule has 5 heteroatoms. The quantitative estimate of drug-likeness (QED) is 0.854. The van der Waals surface area contributed by atoms with Gasteiger partial charge >= 0.3 is 0 Å². The zero-order valence-corrected chi connectivity index (χ0v) is 15.4. The molecule has 0 fully saturated rings. The summed E-state index contributed by atoms with van der Waals surface area (Å²) in [6.45, 7) is 7.88. The molecule has 1 aliphatic heterocycles. The Kier molecular flexibility index (Phi) is 5.38. The minimum atomic E-state index is -0.685. The molecule has 130 valence electrons. The fourth-order valence-corrected chi connectivity index (χ4v) is 2.97. The van der Waals surface area contributed by atoms with Crippen LogP contribution in [-0.2, 0) is 9.59 Å². The van der Waals surface area contributed by atoms with Crippen LogP contribution in [0.5, 0.6) is 0 Å². The zero-order chi connectivity index (χ0) is 18.1. The van der Waals surface area contributed by atoms with Crippen LogP contribution in [-0.4, -0.2) is 28.2 Å². The van der Waals surface area contributed by atoms with Gasteiger partial charge in [-0.2, -0.15) is 0 Å². The third-order valence-corrected chi connectivity index (χ3v) is 4.42. The predicted octanol–water partition coefficient (Wildman–Crippen LogP) is 4.45. The Balaban J connectivity index is 2.53. The summed E-state index contributed by atoms with van der Waals surface area (Å²) in [7, 11) is 0. The molecule has 4 nitrogen and oxygen atoms in total. The van der Waals surface area contributed by atoms with E-state index < -0.39 is 23.1 Å². The van der Waals surface area contributed by atoms with Crippen LogP contribution in [0, 0.1) is 5.41 Å². The predicted molar refractivity (Wildman–Crippen MR) is 94.9 cm³/mol. The fourth-order valence-electron chi connectivity index (χ4n) is 2.84. The van der Waals surface area contributed by atoms with Crippen LogP contribution >= 0.6 is 11.6 Å². The van der Waals surface area contributed by atoms with E-state index in [4.69, 9.17) is 11.6 Å². The zero-order valence-electron chi connectivity index (χ0n) is 14.6. The van der Waals surface area contributed by atoms with Gasteiger partial charge < -0.3 is 10.0 Å². The molecule has 0 aliphatic carbocycles. The van der Waals surface area contributed by atoms with E-state index in [0.717, 1.165) is 18.4 Å². The highest BCUT2D eigenvalue weighted by atomic mass is 35.5. The van der Waals surface area contributed by atoms with Crippen molar-refractivity contribution in [1.82, 2.24) is 4.90 Å². The standard InChI is InChI=1S/C19H24ClNO3/c1-5-6-11-21-15(12-7-9-13(20)10-8-12)14(16(22)18(21)24)17(23)19(2,3)4/h7-10,15,22H,5-6,11H2,1-4H3. The average Bonchev–Trinajstić information content (AvgIpc) is 2.76. The molecule has 0 radical (unpaired) electrons. The Morgan fingerprint density at radius 2 is 1.83 bits per heavy atom. The van der Waals surface area contributed by atoms with E-state index >= 15 is 0 Å². The maximum atomic E-state index is 12.9. The monoisotopic (exact) mass is 349 g/mol. The van der Waals surface area contributed by atoms with E-state index in [1.165, 1.54) is 0 Å². The van der Waals surface area contributed by atoms with Crippen molar-refractivity contribution in [2.45, 2.75) is 46.6 Å². The lowest BCUT2D eigenvalue weighted by Crippen LogP contribution is -2.33. The lowest BCUT2D eigenvalue weighted by Gasteiger charge is -2.28. The van der Waals surface area contributed by atoms with Gasteiger partial charge in [0.1, 0.15) is 0 Å². The van der Waals surface area contributed by atoms with Crippen molar-refractivity contribution in [3.05, 3.63) is 46.2 Å². The molecule has 1 unspecified atom stereocenters. The summed E-state index contributed by atoms with van der Waals surface area (Å²) in [6.07, 6.45) is 1.72. The third-order valence-electron chi connectivity index (χ3n) is 4.17. The van der Waals surface area contributed by atoms with Crippen LogP contribution in [0.25, 0.3) is 0 Å². The number of carbonyl (C=O) groups excluding carboxylic acids is 2. The molecule has 0 bridgehead atoms. The van der Waals surface area contributed by atoms with E-state index in [9.17, 15) is 14.7 Å². The van der Waals surface area contributed by atoms with Gasteiger partial charge in [0.05, 0.1) is 11.6 Å². The Hall–Kier alpha value is -1.81. The number of hydrogen-bond donors (Lipinski definition) is 1. The summed E-state index contributed by atoms with van der Waals surface area (Å²) >= 11 is 5.96. The normalized spacial score (nSPS) is 18.5. The summed E-state index contributed by atoms with van der Waals surface area (Å²) in [5.41, 5.74) is 0.279. The molecule has 1 heterocycles. The van der Waals surface area contributed by atoms with Crippen molar-refractivity contribution >= 4 is 23.3 Å². The molecule has 2 rings (SSSR count). The summed E-state index contributed by atoms with van der Waals surface area (Å²) < 4.78 is 0. The molecule has 0 spiro atoms. The number of amides is 1. The lowest BCUT2D eigenvalue weighted by atomic mass is 9.82. The Morgan fingerprint density at radius 1 is 1.25 bits per heavy atom. The van der Waals surface area contributed by atoms with Gasteiger partial charge in [-0.1, -0.05) is 57.8 Å². The van der Waals surface area contributed by atoms with Gasteiger partial charge in [-0.05, 0) is 24.1 Å². The highest BCUT2D eigenvalue weighted by Crippen LogP contribution is 2.41. The van der Waals surface area contributed by atoms with Crippen LogP contribution < -0.4 is 0 Å². The number of aliphatic hydroxyl groups is 1. The first-order chi connectivity index (χ1) is 11.2. The first-order valence-electron chi connectivity index (χ1n) is 8.22. The van der Waals surface area contributed by atoms with E-state index in [2.05, 4.69) is 0 Å². The van der Waals surface area contributed by atoms with Crippen molar-refractivity contribution in [2.75, 3.05) is 6.54 Å². The SMILES string of the molecule is CCCCN1C(=O)C(O)=C(C(=O)C(C)(C)C)C1c1ccc(Cl)cc1. The maximum absolute atomic E-state index is 12.9. The Labute approximate surface area is 148 Å². The van der Waals surface area contributed by atoms with Gasteiger partial charge in [-0.3, -0.25) is 9.59 Å². The second kappa shape index (κ2) is 6.98. The minimum absolute atomic E-state index is 0.186. The molecule has 1 N–H and O–H groups in total. The molecule has 1 aromatic rings. The van der Waals surface area contributed by atoms with Crippen molar-refractivity contribution in [3.8, 4) is 0 Å². The third kappa shape index (κ3) is 3.48. The summed E-state index contributed by atoms with van der Waals surface area (Å²) in [5, 5.41) is 11.0. The summed E-state index contributed by atoms with van der Waals surface area (Å²) in [6, 6.07) is 6.50. The van der Waals surface area contributed by atoms with Crippen molar-refractivity contribution in [1.29, 1.82) is 0 Å². The number of ketones is 1. The number of benzene rings is 1. The van der Waals surface area contributed by atoms with E-state index in [1.807, 2.05) is 6.92 Å². The first kappa shape index (κ1) is 18.5. The van der Waals surface area contributed by atoms with Crippen molar-refractivity contribution in [3.63, 3.8) is 0 Å². The van der Waals surface area contributed by atoms with Crippen molar-refractivity contribution in [2.24, 2.45) is 5.41 Å². The average molecular weight is 350 g/mol. The van der Waals surface area contributed by atoms with E-state index in [1.54, 1.807) is 49.9 Å². The number of halogens is 1. The fraction of sp³-hybridized carbons (Fsp3) is 0.474. The van der Waals surface area contributed by atoms with Gasteiger partial charge in [0.25, 0.3) is 5.91 Å². The minimum Gasteiger partial charge on any atom is -0.503 e. The Bertz CT molecular complexity index is 671. The molecule has 0 saturated heterocycles. The van der Waals surface area contributed by atoms with Crippen LogP contribution in [0.15, 0.2) is 35.6 Å². The molecular weight excluding hydrogens is 326 g/mol. The molecular formula is C19H24ClNO3. The number of unbranched alkanes of at least 4 members (excludes halogenated alkanes) is 1. The van der Waals surface area contributed by atoms with Gasteiger partial charge in [0, 0.05) is 17.0 Å². The molecule has 0 aromatic heterocycles. The topological polar surface area (TPSA) is 57.6 Å². The molecule has 1 amide bonds. The van der Waals surface area contributed by atoms with Gasteiger partial charge in [0.15, 0.2) is 11.5 Å². The molecule has 1 aromatic carbocycles.